The van der Waals surface area contributed by atoms with Crippen LogP contribution in [0.15, 0.2) is 36.4 Å². The van der Waals surface area contributed by atoms with Gasteiger partial charge in [0.2, 0.25) is 0 Å². The third kappa shape index (κ3) is 5.40. The Kier molecular flexibility index (Phi) is 7.71. The quantitative estimate of drug-likeness (QED) is 0.266. The minimum Gasteiger partial charge on any atom is -0.298 e. The van der Waals surface area contributed by atoms with Crippen LogP contribution in [-0.4, -0.2) is 16.4 Å². The number of rotatable bonds is 6. The molecule has 2 atom stereocenters. The van der Waals surface area contributed by atoms with Crippen LogP contribution in [0.25, 0.3) is 0 Å². The highest BCUT2D eigenvalue weighted by molar-refractivity contribution is 9.09. The van der Waals surface area contributed by atoms with Crippen molar-refractivity contribution in [2.75, 3.05) is 10.7 Å². The molecule has 2 rings (SSSR count). The fraction of sp³-hybridized carbons (Fsp3) is 0.316. The summed E-state index contributed by atoms with van der Waals surface area (Å²) in [4.78, 5) is 13.0. The maximum atomic E-state index is 13.6. The number of Topliss-reactive ketones (excluding diaryl/α,β-unsaturated/α-hetero) is 1. The largest absolute Gasteiger partial charge is 0.419 e. The average molecular weight is 568 g/mol. The molecule has 0 fully saturated rings. The van der Waals surface area contributed by atoms with Crippen molar-refractivity contribution in [3.05, 3.63) is 70.3 Å². The third-order valence-electron chi connectivity index (χ3n) is 4.39. The zero-order valence-electron chi connectivity index (χ0n) is 14.7. The average Bonchev–Trinajstić information content (AvgIpc) is 2.63. The first kappa shape index (κ1) is 24.8. The van der Waals surface area contributed by atoms with Crippen LogP contribution < -0.4 is 0 Å². The Hall–Kier alpha value is -1.49. The Labute approximate surface area is 182 Å². The molecular weight excluding hydrogens is 556 g/mol. The molecular formula is C19H12Br2F8O. The van der Waals surface area contributed by atoms with Gasteiger partial charge in [-0.15, -0.1) is 0 Å². The molecule has 0 amide bonds. The molecule has 30 heavy (non-hydrogen) atoms. The Morgan fingerprint density at radius 2 is 1.07 bits per heavy atom. The summed E-state index contributed by atoms with van der Waals surface area (Å²) in [5.74, 6) is -6.18. The van der Waals surface area contributed by atoms with E-state index < -0.39 is 52.7 Å². The fourth-order valence-corrected chi connectivity index (χ4v) is 4.24. The van der Waals surface area contributed by atoms with Crippen LogP contribution in [0, 0.1) is 11.6 Å². The number of carbonyl (C=O) groups is 1. The zero-order valence-corrected chi connectivity index (χ0v) is 17.9. The first-order chi connectivity index (χ1) is 13.8. The molecule has 0 heterocycles. The van der Waals surface area contributed by atoms with Gasteiger partial charge in [-0.2, -0.15) is 26.3 Å². The van der Waals surface area contributed by atoms with Gasteiger partial charge in [-0.05, 0) is 35.4 Å². The fourth-order valence-electron chi connectivity index (χ4n) is 2.86. The summed E-state index contributed by atoms with van der Waals surface area (Å²) in [7, 11) is 0. The van der Waals surface area contributed by atoms with Gasteiger partial charge in [-0.25, -0.2) is 8.78 Å². The van der Waals surface area contributed by atoms with E-state index in [-0.39, 0.29) is 21.8 Å². The van der Waals surface area contributed by atoms with Crippen LogP contribution >= 0.6 is 31.9 Å². The Balaban J connectivity index is 2.48. The van der Waals surface area contributed by atoms with Crippen molar-refractivity contribution in [3.8, 4) is 0 Å². The van der Waals surface area contributed by atoms with Gasteiger partial charge in [0.15, 0.2) is 0 Å². The number of halogens is 10. The van der Waals surface area contributed by atoms with Crippen molar-refractivity contribution < 1.29 is 39.9 Å². The van der Waals surface area contributed by atoms with Gasteiger partial charge in [-0.3, -0.25) is 4.79 Å². The van der Waals surface area contributed by atoms with Crippen LogP contribution in [0.3, 0.4) is 0 Å². The van der Waals surface area contributed by atoms with Crippen molar-refractivity contribution in [1.82, 2.24) is 0 Å². The number of ketones is 1. The highest BCUT2D eigenvalue weighted by atomic mass is 79.9. The lowest BCUT2D eigenvalue weighted by Crippen LogP contribution is -2.24. The van der Waals surface area contributed by atoms with Gasteiger partial charge in [0, 0.05) is 10.7 Å². The predicted molar refractivity (Wildman–Crippen MR) is 101 cm³/mol. The summed E-state index contributed by atoms with van der Waals surface area (Å²) in [6.45, 7) is 0. The third-order valence-corrected chi connectivity index (χ3v) is 5.69. The molecule has 0 aromatic heterocycles. The van der Waals surface area contributed by atoms with Crippen molar-refractivity contribution in [1.29, 1.82) is 0 Å². The van der Waals surface area contributed by atoms with Crippen molar-refractivity contribution in [2.45, 2.75) is 24.2 Å². The number of alkyl halides is 8. The van der Waals surface area contributed by atoms with Crippen molar-refractivity contribution in [2.24, 2.45) is 0 Å². The summed E-state index contributed by atoms with van der Waals surface area (Å²) in [5.41, 5.74) is -3.44. The number of carbonyl (C=O) groups excluding carboxylic acids is 1. The lowest BCUT2D eigenvalue weighted by Gasteiger charge is -2.22. The van der Waals surface area contributed by atoms with Gasteiger partial charge in [0.05, 0.1) is 23.0 Å². The molecule has 2 unspecified atom stereocenters. The van der Waals surface area contributed by atoms with Gasteiger partial charge in [0.25, 0.3) is 0 Å². The second-order valence-corrected chi connectivity index (χ2v) is 7.59. The van der Waals surface area contributed by atoms with Gasteiger partial charge in [-0.1, -0.05) is 44.0 Å². The highest BCUT2D eigenvalue weighted by Gasteiger charge is 2.38. The van der Waals surface area contributed by atoms with E-state index in [1.165, 1.54) is 0 Å². The lowest BCUT2D eigenvalue weighted by atomic mass is 9.84. The second kappa shape index (κ2) is 9.33. The standard InChI is InChI=1S/C19H12Br2F8O/c20-7-11(9-1-3-15(22)13(5-9)18(24,25)26)17(30)12(8-21)10-2-4-16(23)14(6-10)19(27,28)29/h1-6,11-12H,7-8H2. The van der Waals surface area contributed by atoms with E-state index >= 15 is 0 Å². The van der Waals surface area contributed by atoms with E-state index in [2.05, 4.69) is 31.9 Å². The Morgan fingerprint density at radius 1 is 0.733 bits per heavy atom. The molecule has 0 saturated carbocycles. The zero-order chi connectivity index (χ0) is 22.9. The van der Waals surface area contributed by atoms with Crippen LogP contribution in [0.1, 0.15) is 34.1 Å². The predicted octanol–water partition coefficient (Wildman–Crippen LogP) is 7.23. The minimum absolute atomic E-state index is 0.158. The maximum Gasteiger partial charge on any atom is 0.419 e. The molecule has 0 N–H and O–H groups in total. The van der Waals surface area contributed by atoms with E-state index in [0.29, 0.717) is 24.3 Å². The van der Waals surface area contributed by atoms with Gasteiger partial charge in [0.1, 0.15) is 17.4 Å². The molecule has 11 heteroatoms. The first-order valence-corrected chi connectivity index (χ1v) is 10.4. The van der Waals surface area contributed by atoms with Gasteiger partial charge < -0.3 is 0 Å². The normalized spacial score (nSPS) is 14.5. The van der Waals surface area contributed by atoms with E-state index in [4.69, 9.17) is 0 Å². The molecule has 0 aliphatic carbocycles. The maximum absolute atomic E-state index is 13.6. The Morgan fingerprint density at radius 3 is 1.33 bits per heavy atom. The van der Waals surface area contributed by atoms with E-state index in [0.717, 1.165) is 12.1 Å². The van der Waals surface area contributed by atoms with Crippen molar-refractivity contribution >= 4 is 37.6 Å². The molecule has 0 bridgehead atoms. The SMILES string of the molecule is O=C(C(CBr)c1ccc(F)c(C(F)(F)F)c1)C(CBr)c1ccc(F)c(C(F)(F)F)c1. The smallest absolute Gasteiger partial charge is 0.298 e. The van der Waals surface area contributed by atoms with Crippen LogP contribution in [0.4, 0.5) is 35.1 Å². The molecule has 0 spiro atoms. The van der Waals surface area contributed by atoms with Crippen LogP contribution in [-0.2, 0) is 17.1 Å². The summed E-state index contributed by atoms with van der Waals surface area (Å²) < 4.78 is 105. The molecule has 164 valence electrons. The minimum atomic E-state index is -4.99. The van der Waals surface area contributed by atoms with Crippen LogP contribution in [0.2, 0.25) is 0 Å². The van der Waals surface area contributed by atoms with E-state index in [9.17, 15) is 39.9 Å². The highest BCUT2D eigenvalue weighted by Crippen LogP contribution is 2.37. The monoisotopic (exact) mass is 566 g/mol. The molecule has 2 aromatic carbocycles. The Bertz CT molecular complexity index is 850. The van der Waals surface area contributed by atoms with E-state index in [1.54, 1.807) is 0 Å². The number of hydrogen-bond acceptors (Lipinski definition) is 1. The molecule has 2 aromatic rings. The summed E-state index contributed by atoms with van der Waals surface area (Å²) in [5, 5.41) is -0.322. The molecule has 0 aliphatic rings. The van der Waals surface area contributed by atoms with E-state index in [1.807, 2.05) is 0 Å². The molecule has 0 saturated heterocycles. The van der Waals surface area contributed by atoms with Gasteiger partial charge >= 0.3 is 12.4 Å². The molecule has 0 radical (unpaired) electrons. The lowest BCUT2D eigenvalue weighted by molar-refractivity contribution is -0.140. The molecule has 1 nitrogen and oxygen atoms in total. The topological polar surface area (TPSA) is 17.1 Å². The first-order valence-electron chi connectivity index (χ1n) is 8.20. The summed E-state index contributed by atoms with van der Waals surface area (Å²) in [6.07, 6.45) is -9.99. The number of benzene rings is 2. The van der Waals surface area contributed by atoms with Crippen LogP contribution in [0.5, 0.6) is 0 Å². The summed E-state index contributed by atoms with van der Waals surface area (Å²) >= 11 is 6.05. The number of hydrogen-bond donors (Lipinski definition) is 0. The van der Waals surface area contributed by atoms with Crippen molar-refractivity contribution in [3.63, 3.8) is 0 Å². The second-order valence-electron chi connectivity index (χ2n) is 6.29. The summed E-state index contributed by atoms with van der Waals surface area (Å²) in [6, 6.07) is 4.15. The molecule has 0 aliphatic heterocycles.